The number of amides is 1. The van der Waals surface area contributed by atoms with Crippen LogP contribution in [0.3, 0.4) is 0 Å². The highest BCUT2D eigenvalue weighted by molar-refractivity contribution is 5.78. The molecule has 0 aromatic heterocycles. The van der Waals surface area contributed by atoms with Crippen LogP contribution in [0, 0.1) is 10.1 Å². The summed E-state index contributed by atoms with van der Waals surface area (Å²) in [6, 6.07) is 7.00. The van der Waals surface area contributed by atoms with Crippen LogP contribution in [0.5, 0.6) is 0 Å². The maximum Gasteiger partial charge on any atom is 0.294 e. The summed E-state index contributed by atoms with van der Waals surface area (Å²) in [7, 11) is 1.75. The van der Waals surface area contributed by atoms with Crippen molar-refractivity contribution < 1.29 is 14.7 Å². The average Bonchev–Trinajstić information content (AvgIpc) is 2.36. The maximum absolute atomic E-state index is 11.7. The molecule has 98 valence electrons. The molecule has 0 unspecified atom stereocenters. The minimum absolute atomic E-state index is 0.0480. The molecular weight excluding hydrogens is 236 g/mol. The SMILES string of the molecule is CCN(C)C(=O)Cc1ccc(CO[N+](=O)[O-])cc1. The summed E-state index contributed by atoms with van der Waals surface area (Å²) in [4.78, 5) is 27.6. The summed E-state index contributed by atoms with van der Waals surface area (Å²) in [5.74, 6) is 0.0480. The van der Waals surface area contributed by atoms with Crippen LogP contribution in [0.4, 0.5) is 0 Å². The molecule has 0 spiro atoms. The Kier molecular flexibility index (Phi) is 5.10. The summed E-state index contributed by atoms with van der Waals surface area (Å²) < 4.78 is 0. The standard InChI is InChI=1S/C12H16N2O4/c1-3-13(2)12(15)8-10-4-6-11(7-5-10)9-18-14(16)17/h4-7H,3,8-9H2,1-2H3. The number of hydrogen-bond donors (Lipinski definition) is 0. The molecule has 0 radical (unpaired) electrons. The zero-order valence-corrected chi connectivity index (χ0v) is 10.5. The summed E-state index contributed by atoms with van der Waals surface area (Å²) in [5, 5.41) is 9.20. The highest BCUT2D eigenvalue weighted by Gasteiger charge is 2.07. The number of carbonyl (C=O) groups excluding carboxylic acids is 1. The molecule has 0 N–H and O–H groups in total. The Labute approximate surface area is 105 Å². The zero-order valence-electron chi connectivity index (χ0n) is 10.5. The van der Waals surface area contributed by atoms with Crippen LogP contribution in [0.15, 0.2) is 24.3 Å². The van der Waals surface area contributed by atoms with Gasteiger partial charge in [-0.3, -0.25) is 4.79 Å². The van der Waals surface area contributed by atoms with Crippen LogP contribution >= 0.6 is 0 Å². The molecule has 1 aromatic carbocycles. The van der Waals surface area contributed by atoms with E-state index in [4.69, 9.17) is 0 Å². The molecule has 0 saturated heterocycles. The van der Waals surface area contributed by atoms with E-state index in [1.807, 2.05) is 6.92 Å². The molecule has 6 nitrogen and oxygen atoms in total. The monoisotopic (exact) mass is 252 g/mol. The van der Waals surface area contributed by atoms with Crippen LogP contribution in [0.1, 0.15) is 18.1 Å². The molecule has 0 bridgehead atoms. The van der Waals surface area contributed by atoms with E-state index in [1.165, 1.54) is 0 Å². The van der Waals surface area contributed by atoms with Gasteiger partial charge >= 0.3 is 0 Å². The van der Waals surface area contributed by atoms with Crippen LogP contribution in [-0.2, 0) is 22.7 Å². The molecule has 6 heteroatoms. The summed E-state index contributed by atoms with van der Waals surface area (Å²) in [6.45, 7) is 2.51. The van der Waals surface area contributed by atoms with Gasteiger partial charge in [-0.15, -0.1) is 10.1 Å². The Balaban J connectivity index is 2.55. The summed E-state index contributed by atoms with van der Waals surface area (Å²) in [5.41, 5.74) is 1.58. The number of benzene rings is 1. The average molecular weight is 252 g/mol. The fourth-order valence-corrected chi connectivity index (χ4v) is 1.37. The summed E-state index contributed by atoms with van der Waals surface area (Å²) >= 11 is 0. The maximum atomic E-state index is 11.7. The Morgan fingerprint density at radius 3 is 2.39 bits per heavy atom. The van der Waals surface area contributed by atoms with Gasteiger partial charge in [-0.1, -0.05) is 24.3 Å². The molecule has 0 saturated carbocycles. The zero-order chi connectivity index (χ0) is 13.5. The Bertz CT molecular complexity index is 417. The molecule has 0 aliphatic rings. The van der Waals surface area contributed by atoms with Crippen molar-refractivity contribution in [1.82, 2.24) is 4.90 Å². The van der Waals surface area contributed by atoms with Crippen LogP contribution in [0.25, 0.3) is 0 Å². The van der Waals surface area contributed by atoms with E-state index in [9.17, 15) is 14.9 Å². The van der Waals surface area contributed by atoms with Crippen molar-refractivity contribution in [3.63, 3.8) is 0 Å². The van der Waals surface area contributed by atoms with Crippen molar-refractivity contribution in [3.8, 4) is 0 Å². The molecule has 1 rings (SSSR count). The molecule has 0 aliphatic heterocycles. The summed E-state index contributed by atoms with van der Waals surface area (Å²) in [6.07, 6.45) is 0.334. The van der Waals surface area contributed by atoms with Gasteiger partial charge in [0.05, 0.1) is 6.42 Å². The Morgan fingerprint density at radius 2 is 1.89 bits per heavy atom. The lowest BCUT2D eigenvalue weighted by molar-refractivity contribution is -0.763. The lowest BCUT2D eigenvalue weighted by Gasteiger charge is -2.14. The molecule has 1 aromatic rings. The predicted octanol–water partition coefficient (Wildman–Crippen LogP) is 1.42. The van der Waals surface area contributed by atoms with E-state index in [0.717, 1.165) is 5.56 Å². The fraction of sp³-hybridized carbons (Fsp3) is 0.417. The first-order valence-electron chi connectivity index (χ1n) is 5.62. The number of rotatable bonds is 6. The third-order valence-electron chi connectivity index (χ3n) is 2.62. The van der Waals surface area contributed by atoms with Crippen LogP contribution in [0.2, 0.25) is 0 Å². The van der Waals surface area contributed by atoms with E-state index in [0.29, 0.717) is 18.5 Å². The Morgan fingerprint density at radius 1 is 1.33 bits per heavy atom. The van der Waals surface area contributed by atoms with Gasteiger partial charge in [-0.2, -0.15) is 0 Å². The second-order valence-corrected chi connectivity index (χ2v) is 3.90. The first kappa shape index (κ1) is 14.0. The largest absolute Gasteiger partial charge is 0.346 e. The van der Waals surface area contributed by atoms with Gasteiger partial charge < -0.3 is 9.74 Å². The minimum atomic E-state index is -0.826. The smallest absolute Gasteiger partial charge is 0.294 e. The van der Waals surface area contributed by atoms with Gasteiger partial charge in [0.2, 0.25) is 5.91 Å². The molecule has 1 amide bonds. The quantitative estimate of drug-likeness (QED) is 0.567. The van der Waals surface area contributed by atoms with Crippen molar-refractivity contribution in [2.24, 2.45) is 0 Å². The fourth-order valence-electron chi connectivity index (χ4n) is 1.37. The first-order chi connectivity index (χ1) is 8.52. The first-order valence-corrected chi connectivity index (χ1v) is 5.62. The van der Waals surface area contributed by atoms with Gasteiger partial charge in [0.25, 0.3) is 5.09 Å². The second kappa shape index (κ2) is 6.58. The van der Waals surface area contributed by atoms with Crippen molar-refractivity contribution in [2.75, 3.05) is 13.6 Å². The van der Waals surface area contributed by atoms with Gasteiger partial charge in [-0.25, -0.2) is 0 Å². The number of nitrogens with zero attached hydrogens (tertiary/aromatic N) is 2. The second-order valence-electron chi connectivity index (χ2n) is 3.90. The molecule has 0 heterocycles. The Hall–Kier alpha value is -2.11. The van der Waals surface area contributed by atoms with E-state index in [-0.39, 0.29) is 12.5 Å². The van der Waals surface area contributed by atoms with E-state index < -0.39 is 5.09 Å². The molecule has 18 heavy (non-hydrogen) atoms. The molecule has 0 atom stereocenters. The predicted molar refractivity (Wildman–Crippen MR) is 65.2 cm³/mol. The third kappa shape index (κ3) is 4.40. The highest BCUT2D eigenvalue weighted by atomic mass is 16.9. The lowest BCUT2D eigenvalue weighted by Crippen LogP contribution is -2.27. The lowest BCUT2D eigenvalue weighted by atomic mass is 10.1. The van der Waals surface area contributed by atoms with Crippen LogP contribution < -0.4 is 0 Å². The number of hydrogen-bond acceptors (Lipinski definition) is 4. The topological polar surface area (TPSA) is 72.7 Å². The number of likely N-dealkylation sites (N-methyl/N-ethyl adjacent to an activating group) is 1. The number of carbonyl (C=O) groups is 1. The van der Waals surface area contributed by atoms with Crippen molar-refractivity contribution in [2.45, 2.75) is 20.0 Å². The third-order valence-corrected chi connectivity index (χ3v) is 2.62. The molecular formula is C12H16N2O4. The van der Waals surface area contributed by atoms with Crippen molar-refractivity contribution in [3.05, 3.63) is 45.5 Å². The van der Waals surface area contributed by atoms with Gasteiger partial charge in [-0.05, 0) is 18.1 Å². The van der Waals surface area contributed by atoms with E-state index in [2.05, 4.69) is 4.84 Å². The van der Waals surface area contributed by atoms with E-state index >= 15 is 0 Å². The molecule has 0 fully saturated rings. The van der Waals surface area contributed by atoms with Crippen LogP contribution in [-0.4, -0.2) is 29.5 Å². The van der Waals surface area contributed by atoms with E-state index in [1.54, 1.807) is 36.2 Å². The van der Waals surface area contributed by atoms with Crippen molar-refractivity contribution >= 4 is 5.91 Å². The normalized spacial score (nSPS) is 9.89. The van der Waals surface area contributed by atoms with Gasteiger partial charge in [0.15, 0.2) is 0 Å². The molecule has 0 aliphatic carbocycles. The van der Waals surface area contributed by atoms with Crippen molar-refractivity contribution in [1.29, 1.82) is 0 Å². The highest BCUT2D eigenvalue weighted by Crippen LogP contribution is 2.07. The van der Waals surface area contributed by atoms with Gasteiger partial charge in [0, 0.05) is 13.6 Å². The minimum Gasteiger partial charge on any atom is -0.346 e. The van der Waals surface area contributed by atoms with Gasteiger partial charge in [0.1, 0.15) is 6.61 Å².